The van der Waals surface area contributed by atoms with Gasteiger partial charge in [0.15, 0.2) is 0 Å². The van der Waals surface area contributed by atoms with E-state index in [2.05, 4.69) is 16.5 Å². The fourth-order valence-electron chi connectivity index (χ4n) is 2.24. The Labute approximate surface area is 108 Å². The van der Waals surface area contributed by atoms with Crippen molar-refractivity contribution in [1.82, 2.24) is 15.1 Å². The predicted octanol–water partition coefficient (Wildman–Crippen LogP) is 1.48. The molecule has 18 heavy (non-hydrogen) atoms. The van der Waals surface area contributed by atoms with Gasteiger partial charge in [-0.3, -0.25) is 4.68 Å². The van der Waals surface area contributed by atoms with Crippen LogP contribution in [0.15, 0.2) is 24.3 Å². The van der Waals surface area contributed by atoms with Crippen LogP contribution in [0.25, 0.3) is 10.9 Å². The lowest BCUT2D eigenvalue weighted by Gasteiger charge is -2.22. The summed E-state index contributed by atoms with van der Waals surface area (Å²) in [6.07, 6.45) is 0.557. The molecule has 0 aliphatic carbocycles. The maximum Gasteiger partial charge on any atom is 0.0799 e. The number of para-hydroxylation sites is 1. The van der Waals surface area contributed by atoms with Gasteiger partial charge in [-0.15, -0.1) is 0 Å². The molecule has 1 atom stereocenters. The van der Waals surface area contributed by atoms with Gasteiger partial charge in [0.25, 0.3) is 0 Å². The van der Waals surface area contributed by atoms with Crippen molar-refractivity contribution in [3.8, 4) is 0 Å². The van der Waals surface area contributed by atoms with Gasteiger partial charge < -0.3 is 10.4 Å². The molecule has 1 aromatic heterocycles. The Morgan fingerprint density at radius 2 is 2.11 bits per heavy atom. The quantitative estimate of drug-likeness (QED) is 0.841. The van der Waals surface area contributed by atoms with Gasteiger partial charge in [-0.25, -0.2) is 0 Å². The fourth-order valence-corrected chi connectivity index (χ4v) is 2.24. The Balaban J connectivity index is 2.26. The normalized spacial score (nSPS) is 14.9. The topological polar surface area (TPSA) is 50.1 Å². The first-order valence-electron chi connectivity index (χ1n) is 6.37. The molecule has 2 aromatic rings. The van der Waals surface area contributed by atoms with Gasteiger partial charge in [-0.2, -0.15) is 5.10 Å². The number of nitrogens with zero attached hydrogens (tertiary/aromatic N) is 2. The van der Waals surface area contributed by atoms with Crippen LogP contribution in [-0.4, -0.2) is 33.6 Å². The van der Waals surface area contributed by atoms with Gasteiger partial charge in [-0.05, 0) is 19.5 Å². The lowest BCUT2D eigenvalue weighted by atomic mass is 9.98. The van der Waals surface area contributed by atoms with Crippen molar-refractivity contribution in [1.29, 1.82) is 0 Å². The van der Waals surface area contributed by atoms with Crippen LogP contribution in [0.1, 0.15) is 19.5 Å². The highest BCUT2D eigenvalue weighted by Crippen LogP contribution is 2.21. The predicted molar refractivity (Wildman–Crippen MR) is 73.6 cm³/mol. The molecule has 0 amide bonds. The Hall–Kier alpha value is -1.39. The summed E-state index contributed by atoms with van der Waals surface area (Å²) < 4.78 is 1.87. The number of aryl methyl sites for hydroxylation is 1. The summed E-state index contributed by atoms with van der Waals surface area (Å²) in [6, 6.07) is 8.11. The third-order valence-electron chi connectivity index (χ3n) is 3.14. The van der Waals surface area contributed by atoms with E-state index in [1.54, 1.807) is 0 Å². The van der Waals surface area contributed by atoms with Crippen molar-refractivity contribution in [3.63, 3.8) is 0 Å². The zero-order chi connectivity index (χ0) is 13.2. The van der Waals surface area contributed by atoms with Crippen molar-refractivity contribution >= 4 is 10.9 Å². The summed E-state index contributed by atoms with van der Waals surface area (Å²) in [5, 5.41) is 19.2. The number of aromatic nitrogens is 2. The Morgan fingerprint density at radius 3 is 2.83 bits per heavy atom. The van der Waals surface area contributed by atoms with Gasteiger partial charge in [0.2, 0.25) is 0 Å². The molecule has 2 rings (SSSR count). The first kappa shape index (κ1) is 13.1. The molecule has 98 valence electrons. The summed E-state index contributed by atoms with van der Waals surface area (Å²) >= 11 is 0. The highest BCUT2D eigenvalue weighted by atomic mass is 16.3. The molecule has 1 unspecified atom stereocenters. The number of aliphatic hydroxyl groups is 1. The van der Waals surface area contributed by atoms with E-state index in [0.29, 0.717) is 13.0 Å². The maximum absolute atomic E-state index is 10.4. The maximum atomic E-state index is 10.4. The van der Waals surface area contributed by atoms with E-state index in [1.165, 1.54) is 0 Å². The molecular formula is C14H21N3O. The van der Waals surface area contributed by atoms with Crippen LogP contribution < -0.4 is 5.32 Å². The zero-order valence-electron chi connectivity index (χ0n) is 11.3. The van der Waals surface area contributed by atoms with E-state index < -0.39 is 5.60 Å². The van der Waals surface area contributed by atoms with Crippen molar-refractivity contribution in [2.45, 2.75) is 25.9 Å². The molecule has 0 spiro atoms. The number of hydrogen-bond acceptors (Lipinski definition) is 3. The van der Waals surface area contributed by atoms with Crippen LogP contribution in [-0.2, 0) is 13.5 Å². The summed E-state index contributed by atoms with van der Waals surface area (Å²) in [7, 11) is 1.94. The molecule has 0 saturated heterocycles. The lowest BCUT2D eigenvalue weighted by molar-refractivity contribution is 0.0599. The van der Waals surface area contributed by atoms with E-state index >= 15 is 0 Å². The number of rotatable bonds is 5. The third kappa shape index (κ3) is 2.71. The monoisotopic (exact) mass is 247 g/mol. The van der Waals surface area contributed by atoms with Gasteiger partial charge in [0.05, 0.1) is 16.8 Å². The van der Waals surface area contributed by atoms with E-state index in [4.69, 9.17) is 0 Å². The van der Waals surface area contributed by atoms with E-state index in [1.807, 2.05) is 43.8 Å². The number of fused-ring (bicyclic) bond motifs is 1. The minimum atomic E-state index is -0.771. The highest BCUT2D eigenvalue weighted by Gasteiger charge is 2.23. The summed E-state index contributed by atoms with van der Waals surface area (Å²) in [5.41, 5.74) is 1.29. The molecule has 1 heterocycles. The standard InChI is InChI=1S/C14H21N3O/c1-4-15-10-14(2,18)9-12-11-7-5-6-8-13(11)17(3)16-12/h5-8,15,18H,4,9-10H2,1-3H3. The van der Waals surface area contributed by atoms with E-state index in [-0.39, 0.29) is 0 Å². The Morgan fingerprint density at radius 1 is 1.39 bits per heavy atom. The minimum absolute atomic E-state index is 0.557. The van der Waals surface area contributed by atoms with Gasteiger partial charge in [0.1, 0.15) is 0 Å². The largest absolute Gasteiger partial charge is 0.388 e. The van der Waals surface area contributed by atoms with Crippen LogP contribution in [0.4, 0.5) is 0 Å². The second-order valence-electron chi connectivity index (χ2n) is 5.04. The van der Waals surface area contributed by atoms with E-state index in [9.17, 15) is 5.11 Å². The van der Waals surface area contributed by atoms with Crippen LogP contribution in [0, 0.1) is 0 Å². The van der Waals surface area contributed by atoms with Crippen LogP contribution >= 0.6 is 0 Å². The number of nitrogens with one attached hydrogen (secondary N) is 1. The summed E-state index contributed by atoms with van der Waals surface area (Å²) in [5.74, 6) is 0. The molecule has 0 fully saturated rings. The fraction of sp³-hybridized carbons (Fsp3) is 0.500. The molecule has 0 aliphatic rings. The zero-order valence-corrected chi connectivity index (χ0v) is 11.3. The second kappa shape index (κ2) is 5.08. The lowest BCUT2D eigenvalue weighted by Crippen LogP contribution is -2.39. The summed E-state index contributed by atoms with van der Waals surface area (Å²) in [6.45, 7) is 5.32. The van der Waals surface area contributed by atoms with Crippen molar-refractivity contribution < 1.29 is 5.11 Å². The molecule has 1 aromatic carbocycles. The van der Waals surface area contributed by atoms with E-state index in [0.717, 1.165) is 23.1 Å². The van der Waals surface area contributed by atoms with Crippen molar-refractivity contribution in [2.24, 2.45) is 7.05 Å². The molecule has 4 nitrogen and oxygen atoms in total. The van der Waals surface area contributed by atoms with Gasteiger partial charge >= 0.3 is 0 Å². The molecule has 0 bridgehead atoms. The third-order valence-corrected chi connectivity index (χ3v) is 3.14. The van der Waals surface area contributed by atoms with Crippen molar-refractivity contribution in [2.75, 3.05) is 13.1 Å². The first-order chi connectivity index (χ1) is 8.53. The van der Waals surface area contributed by atoms with Crippen molar-refractivity contribution in [3.05, 3.63) is 30.0 Å². The molecule has 2 N–H and O–H groups in total. The van der Waals surface area contributed by atoms with Gasteiger partial charge in [0, 0.05) is 25.4 Å². The number of likely N-dealkylation sites (N-methyl/N-ethyl adjacent to an activating group) is 1. The molecular weight excluding hydrogens is 226 g/mol. The number of hydrogen-bond donors (Lipinski definition) is 2. The smallest absolute Gasteiger partial charge is 0.0799 e. The highest BCUT2D eigenvalue weighted by molar-refractivity contribution is 5.81. The van der Waals surface area contributed by atoms with Gasteiger partial charge in [-0.1, -0.05) is 25.1 Å². The number of benzene rings is 1. The average molecular weight is 247 g/mol. The second-order valence-corrected chi connectivity index (χ2v) is 5.04. The molecule has 4 heteroatoms. The van der Waals surface area contributed by atoms with Crippen LogP contribution in [0.2, 0.25) is 0 Å². The molecule has 0 aliphatic heterocycles. The molecule has 0 saturated carbocycles. The van der Waals surface area contributed by atoms with Crippen LogP contribution in [0.3, 0.4) is 0 Å². The SMILES string of the molecule is CCNCC(C)(O)Cc1nn(C)c2ccccc12. The minimum Gasteiger partial charge on any atom is -0.388 e. The van der Waals surface area contributed by atoms with Crippen LogP contribution in [0.5, 0.6) is 0 Å². The summed E-state index contributed by atoms with van der Waals surface area (Å²) in [4.78, 5) is 0. The molecule has 0 radical (unpaired) electrons. The first-order valence-corrected chi connectivity index (χ1v) is 6.37. The average Bonchev–Trinajstić information content (AvgIpc) is 2.64. The Kier molecular flexibility index (Phi) is 3.68. The Bertz CT molecular complexity index is 531.